The van der Waals surface area contributed by atoms with Crippen LogP contribution >= 0.6 is 15.9 Å². The first-order valence-corrected chi connectivity index (χ1v) is 5.67. The third-order valence-corrected chi connectivity index (χ3v) is 3.24. The summed E-state index contributed by atoms with van der Waals surface area (Å²) in [6.45, 7) is 3.62. The Hall–Kier alpha value is -0.800. The van der Waals surface area contributed by atoms with E-state index in [1.807, 2.05) is 43.8 Å². The first kappa shape index (κ1) is 10.7. The zero-order valence-electron chi connectivity index (χ0n) is 9.08. The number of halogens is 1. The lowest BCUT2D eigenvalue weighted by molar-refractivity contribution is 0.0798. The molecule has 0 saturated heterocycles. The van der Waals surface area contributed by atoms with Crippen molar-refractivity contribution in [3.63, 3.8) is 0 Å². The summed E-state index contributed by atoms with van der Waals surface area (Å²) in [4.78, 5) is 0. The number of aryl methyl sites for hydroxylation is 1. The third kappa shape index (κ3) is 1.70. The Morgan fingerprint density at radius 1 is 1.33 bits per heavy atom. The van der Waals surface area contributed by atoms with Crippen molar-refractivity contribution in [1.82, 2.24) is 4.57 Å². The number of benzene rings is 1. The van der Waals surface area contributed by atoms with Crippen molar-refractivity contribution < 1.29 is 5.11 Å². The molecule has 0 aliphatic carbocycles. The summed E-state index contributed by atoms with van der Waals surface area (Å²) in [6, 6.07) is 5.99. The van der Waals surface area contributed by atoms with Crippen molar-refractivity contribution in [3.05, 3.63) is 34.4 Å². The van der Waals surface area contributed by atoms with Crippen LogP contribution in [0.4, 0.5) is 0 Å². The fourth-order valence-corrected chi connectivity index (χ4v) is 2.54. The third-order valence-electron chi connectivity index (χ3n) is 2.61. The smallest absolute Gasteiger partial charge is 0.0860 e. The molecule has 1 aromatic heterocycles. The van der Waals surface area contributed by atoms with E-state index in [-0.39, 0.29) is 0 Å². The molecule has 1 heterocycles. The minimum atomic E-state index is -0.814. The fraction of sp³-hybridized carbons (Fsp3) is 0.333. The van der Waals surface area contributed by atoms with E-state index < -0.39 is 5.60 Å². The molecule has 2 nitrogen and oxygen atoms in total. The van der Waals surface area contributed by atoms with E-state index in [2.05, 4.69) is 22.0 Å². The van der Waals surface area contributed by atoms with Gasteiger partial charge in [-0.15, -0.1) is 0 Å². The highest BCUT2D eigenvalue weighted by Gasteiger charge is 2.21. The van der Waals surface area contributed by atoms with Gasteiger partial charge in [0, 0.05) is 28.7 Å². The Morgan fingerprint density at radius 3 is 2.60 bits per heavy atom. The summed E-state index contributed by atoms with van der Waals surface area (Å²) in [5, 5.41) is 11.2. The number of para-hydroxylation sites is 1. The number of fused-ring (bicyclic) bond motifs is 1. The minimum Gasteiger partial charge on any atom is -0.386 e. The van der Waals surface area contributed by atoms with Gasteiger partial charge in [0.25, 0.3) is 0 Å². The number of hydrogen-bond donors (Lipinski definition) is 1. The van der Waals surface area contributed by atoms with Crippen LogP contribution < -0.4 is 0 Å². The van der Waals surface area contributed by atoms with Crippen LogP contribution in [0.2, 0.25) is 0 Å². The Kier molecular flexibility index (Phi) is 2.40. The number of aliphatic hydroxyl groups is 1. The quantitative estimate of drug-likeness (QED) is 0.844. The van der Waals surface area contributed by atoms with Gasteiger partial charge in [0.15, 0.2) is 0 Å². The van der Waals surface area contributed by atoms with E-state index in [1.54, 1.807) is 0 Å². The number of nitrogens with zero attached hydrogens (tertiary/aromatic N) is 1. The topological polar surface area (TPSA) is 25.2 Å². The molecule has 3 heteroatoms. The molecule has 15 heavy (non-hydrogen) atoms. The van der Waals surface area contributed by atoms with E-state index in [0.29, 0.717) is 0 Å². The zero-order valence-corrected chi connectivity index (χ0v) is 10.7. The van der Waals surface area contributed by atoms with Crippen LogP contribution in [0.3, 0.4) is 0 Å². The summed E-state index contributed by atoms with van der Waals surface area (Å²) < 4.78 is 3.10. The minimum absolute atomic E-state index is 0.814. The van der Waals surface area contributed by atoms with Gasteiger partial charge in [0.05, 0.1) is 11.1 Å². The van der Waals surface area contributed by atoms with Gasteiger partial charge in [-0.1, -0.05) is 18.2 Å². The maximum atomic E-state index is 10.1. The van der Waals surface area contributed by atoms with Gasteiger partial charge < -0.3 is 9.67 Å². The predicted molar refractivity (Wildman–Crippen MR) is 65.9 cm³/mol. The molecule has 80 valence electrons. The second-order valence-electron chi connectivity index (χ2n) is 4.35. The van der Waals surface area contributed by atoms with Gasteiger partial charge in [-0.2, -0.15) is 0 Å². The average Bonchev–Trinajstić information content (AvgIpc) is 2.41. The Morgan fingerprint density at radius 2 is 2.00 bits per heavy atom. The van der Waals surface area contributed by atoms with Gasteiger partial charge in [0.2, 0.25) is 0 Å². The zero-order chi connectivity index (χ0) is 11.2. The van der Waals surface area contributed by atoms with Crippen LogP contribution in [-0.4, -0.2) is 9.67 Å². The second-order valence-corrected chi connectivity index (χ2v) is 5.20. The van der Waals surface area contributed by atoms with Crippen LogP contribution in [0.15, 0.2) is 28.9 Å². The average molecular weight is 268 g/mol. The van der Waals surface area contributed by atoms with Crippen LogP contribution in [0.1, 0.15) is 19.4 Å². The first-order chi connectivity index (χ1) is 6.91. The standard InChI is InChI=1S/C12H14BrNO/c1-12(2,15)9-6-4-5-8-10(13)7-14(3)11(8)9/h4-7,15H,1-3H3. The Labute approximate surface area is 97.7 Å². The normalized spacial score (nSPS) is 12.3. The van der Waals surface area contributed by atoms with Crippen molar-refractivity contribution in [2.75, 3.05) is 0 Å². The van der Waals surface area contributed by atoms with Crippen molar-refractivity contribution in [2.45, 2.75) is 19.4 Å². The molecule has 0 aliphatic heterocycles. The van der Waals surface area contributed by atoms with Crippen LogP contribution in [0.25, 0.3) is 10.9 Å². The van der Waals surface area contributed by atoms with Gasteiger partial charge in [-0.3, -0.25) is 0 Å². The first-order valence-electron chi connectivity index (χ1n) is 4.87. The highest BCUT2D eigenvalue weighted by Crippen LogP contribution is 2.32. The highest BCUT2D eigenvalue weighted by molar-refractivity contribution is 9.10. The molecule has 0 spiro atoms. The molecule has 2 aromatic rings. The summed E-state index contributed by atoms with van der Waals surface area (Å²) in [5.74, 6) is 0. The van der Waals surface area contributed by atoms with E-state index in [4.69, 9.17) is 0 Å². The number of aromatic nitrogens is 1. The van der Waals surface area contributed by atoms with E-state index >= 15 is 0 Å². The lowest BCUT2D eigenvalue weighted by Crippen LogP contribution is -2.16. The molecule has 0 atom stereocenters. The Balaban J connectivity index is 2.87. The molecule has 0 bridgehead atoms. The summed E-state index contributed by atoms with van der Waals surface area (Å²) >= 11 is 3.52. The maximum absolute atomic E-state index is 10.1. The fourth-order valence-electron chi connectivity index (χ4n) is 1.91. The second kappa shape index (κ2) is 3.35. The van der Waals surface area contributed by atoms with Gasteiger partial charge in [-0.05, 0) is 29.8 Å². The van der Waals surface area contributed by atoms with Crippen molar-refractivity contribution in [1.29, 1.82) is 0 Å². The molecule has 0 unspecified atom stereocenters. The van der Waals surface area contributed by atoms with Crippen LogP contribution in [-0.2, 0) is 12.6 Å². The van der Waals surface area contributed by atoms with Gasteiger partial charge in [0.1, 0.15) is 0 Å². The molecule has 0 fully saturated rings. The number of hydrogen-bond acceptors (Lipinski definition) is 1. The van der Waals surface area contributed by atoms with Crippen LogP contribution in [0.5, 0.6) is 0 Å². The molecule has 2 rings (SSSR count). The van der Waals surface area contributed by atoms with Crippen molar-refractivity contribution >= 4 is 26.8 Å². The lowest BCUT2D eigenvalue weighted by Gasteiger charge is -2.19. The molecule has 1 aromatic carbocycles. The SMILES string of the molecule is Cn1cc(Br)c2cccc(C(C)(C)O)c21. The molecule has 0 amide bonds. The molecular formula is C12H14BrNO. The molecule has 0 saturated carbocycles. The van der Waals surface area contributed by atoms with Crippen molar-refractivity contribution in [2.24, 2.45) is 7.05 Å². The van der Waals surface area contributed by atoms with E-state index in [0.717, 1.165) is 20.9 Å². The van der Waals surface area contributed by atoms with Gasteiger partial charge >= 0.3 is 0 Å². The van der Waals surface area contributed by atoms with E-state index in [9.17, 15) is 5.11 Å². The van der Waals surface area contributed by atoms with E-state index in [1.165, 1.54) is 0 Å². The molecule has 0 aliphatic rings. The van der Waals surface area contributed by atoms with Crippen LogP contribution in [0, 0.1) is 0 Å². The molecular weight excluding hydrogens is 254 g/mol. The molecule has 1 N–H and O–H groups in total. The summed E-state index contributed by atoms with van der Waals surface area (Å²) in [5.41, 5.74) is 1.22. The highest BCUT2D eigenvalue weighted by atomic mass is 79.9. The Bertz CT molecular complexity index is 508. The van der Waals surface area contributed by atoms with Gasteiger partial charge in [-0.25, -0.2) is 0 Å². The van der Waals surface area contributed by atoms with Crippen molar-refractivity contribution in [3.8, 4) is 0 Å². The lowest BCUT2D eigenvalue weighted by atomic mass is 9.96. The predicted octanol–water partition coefficient (Wildman–Crippen LogP) is 3.17. The monoisotopic (exact) mass is 267 g/mol. The summed E-state index contributed by atoms with van der Waals surface area (Å²) in [7, 11) is 1.99. The summed E-state index contributed by atoms with van der Waals surface area (Å²) in [6.07, 6.45) is 2.01. The molecule has 0 radical (unpaired) electrons. The maximum Gasteiger partial charge on any atom is 0.0860 e. The largest absolute Gasteiger partial charge is 0.386 e. The number of rotatable bonds is 1.